The van der Waals surface area contributed by atoms with E-state index in [2.05, 4.69) is 5.63 Å². The van der Waals surface area contributed by atoms with Crippen LogP contribution in [0.4, 0.5) is 0 Å². The molecule has 0 rings (SSSR count). The third-order valence-corrected chi connectivity index (χ3v) is 0.752. The van der Waals surface area contributed by atoms with Gasteiger partial charge in [0.15, 0.2) is 0 Å². The maximum absolute atomic E-state index is 9.64. The second-order valence-corrected chi connectivity index (χ2v) is 1.59. The van der Waals surface area contributed by atoms with Crippen LogP contribution in [0.25, 0.3) is 0 Å². The Bertz CT molecular complexity index is 128. The molecule has 0 aliphatic carbocycles. The van der Waals surface area contributed by atoms with Crippen LogP contribution in [-0.2, 0) is 9.30 Å². The van der Waals surface area contributed by atoms with Crippen LogP contribution in [0.5, 0.6) is 0 Å². The van der Waals surface area contributed by atoms with Gasteiger partial charge in [-0.05, 0) is 0 Å². The van der Waals surface area contributed by atoms with Crippen LogP contribution in [0.3, 0.4) is 0 Å². The molecule has 0 bridgehead atoms. The molecule has 0 spiro atoms. The Balaban J connectivity index is 2.90. The van der Waals surface area contributed by atoms with Crippen LogP contribution in [-0.4, -0.2) is 19.8 Å². The van der Waals surface area contributed by atoms with E-state index in [0.717, 1.165) is 0 Å². The van der Waals surface area contributed by atoms with E-state index in [4.69, 9.17) is 10.5 Å². The second kappa shape index (κ2) is 6.93. The summed E-state index contributed by atoms with van der Waals surface area (Å²) in [4.78, 5) is 0. The van der Waals surface area contributed by atoms with Crippen molar-refractivity contribution in [2.75, 3.05) is 19.8 Å². The zero-order valence-electron chi connectivity index (χ0n) is 4.46. The molecule has 8 heavy (non-hydrogen) atoms. The topological polar surface area (TPSA) is 52.3 Å². The maximum atomic E-state index is 9.64. The first kappa shape index (κ1) is 7.93. The molecular formula is C4H8NO2P. The monoisotopic (exact) mass is 133 g/mol. The van der Waals surface area contributed by atoms with Gasteiger partial charge in [-0.15, -0.1) is 0 Å². The van der Waals surface area contributed by atoms with E-state index in [1.165, 1.54) is 0 Å². The summed E-state index contributed by atoms with van der Waals surface area (Å²) in [6, 6.07) is 0. The van der Waals surface area contributed by atoms with Gasteiger partial charge >= 0.3 is 48.3 Å². The minimum absolute atomic E-state index is 0.105. The Morgan fingerprint density at radius 3 is 3.00 bits per heavy atom. The molecule has 4 heteroatoms. The van der Waals surface area contributed by atoms with Gasteiger partial charge in [0, 0.05) is 0 Å². The molecule has 0 unspecified atom stereocenters. The molecule has 0 atom stereocenters. The van der Waals surface area contributed by atoms with E-state index in [1.807, 2.05) is 0 Å². The Hall–Kier alpha value is -0.0700. The summed E-state index contributed by atoms with van der Waals surface area (Å²) >= 11 is 0. The summed E-state index contributed by atoms with van der Waals surface area (Å²) < 4.78 is 14.4. The van der Waals surface area contributed by atoms with Gasteiger partial charge in [0.1, 0.15) is 0 Å². The summed E-state index contributed by atoms with van der Waals surface area (Å²) in [6.45, 7) is 1.29. The summed E-state index contributed by atoms with van der Waals surface area (Å²) in [7, 11) is -0.105. The van der Waals surface area contributed by atoms with Crippen LogP contribution in [0, 0.1) is 5.63 Å². The van der Waals surface area contributed by atoms with Gasteiger partial charge in [-0.2, -0.15) is 0 Å². The van der Waals surface area contributed by atoms with Crippen LogP contribution in [0.2, 0.25) is 0 Å². The zero-order chi connectivity index (χ0) is 6.24. The molecule has 0 aliphatic rings. The minimum atomic E-state index is -0.105. The molecule has 3 nitrogen and oxygen atoms in total. The molecule has 0 heterocycles. The fourth-order valence-electron chi connectivity index (χ4n) is 0.227. The Kier molecular flexibility index (Phi) is 6.87. The summed E-state index contributed by atoms with van der Waals surface area (Å²) in [5, 5.41) is 0. The van der Waals surface area contributed by atoms with Gasteiger partial charge < -0.3 is 0 Å². The predicted octanol–water partition coefficient (Wildman–Crippen LogP) is 0.213. The van der Waals surface area contributed by atoms with E-state index in [1.54, 1.807) is 0 Å². The molecule has 0 saturated carbocycles. The Morgan fingerprint density at radius 1 is 1.75 bits per heavy atom. The van der Waals surface area contributed by atoms with Gasteiger partial charge in [0.25, 0.3) is 0 Å². The first-order valence-electron chi connectivity index (χ1n) is 2.25. The molecule has 2 N–H and O–H groups in total. The van der Waals surface area contributed by atoms with E-state index < -0.39 is 0 Å². The van der Waals surface area contributed by atoms with Crippen LogP contribution in [0.15, 0.2) is 0 Å². The summed E-state index contributed by atoms with van der Waals surface area (Å²) in [5.41, 5.74) is 7.50. The third-order valence-electron chi connectivity index (χ3n) is 0.493. The van der Waals surface area contributed by atoms with E-state index in [0.29, 0.717) is 19.8 Å². The molecule has 0 aliphatic heterocycles. The van der Waals surface area contributed by atoms with Crippen molar-refractivity contribution in [2.24, 2.45) is 5.73 Å². The quantitative estimate of drug-likeness (QED) is 0.442. The van der Waals surface area contributed by atoms with Crippen molar-refractivity contribution in [2.45, 2.75) is 0 Å². The molecule has 0 radical (unpaired) electrons. The zero-order valence-corrected chi connectivity index (χ0v) is 5.36. The van der Waals surface area contributed by atoms with Gasteiger partial charge in [-0.1, -0.05) is 0 Å². The van der Waals surface area contributed by atoms with Crippen LogP contribution < -0.4 is 5.73 Å². The van der Waals surface area contributed by atoms with Crippen molar-refractivity contribution in [3.8, 4) is 5.63 Å². The molecule has 0 saturated heterocycles. The van der Waals surface area contributed by atoms with Gasteiger partial charge in [0.05, 0.1) is 0 Å². The fourth-order valence-corrected chi connectivity index (χ4v) is 0.371. The standard InChI is InChI=1S/C4H8NO2P/c5-1-2-7-3-4-8-6/h1-3,5H2. The fraction of sp³-hybridized carbons (Fsp3) is 0.750. The molecule has 0 amide bonds. The van der Waals surface area contributed by atoms with Gasteiger partial charge in [0.2, 0.25) is 0 Å². The number of rotatable bonds is 3. The molecular weight excluding hydrogens is 125 g/mol. The van der Waals surface area contributed by atoms with Crippen molar-refractivity contribution in [3.05, 3.63) is 0 Å². The van der Waals surface area contributed by atoms with Crippen molar-refractivity contribution in [1.82, 2.24) is 0 Å². The van der Waals surface area contributed by atoms with Gasteiger partial charge in [-0.3, -0.25) is 0 Å². The number of hydrogen-bond donors (Lipinski definition) is 1. The molecule has 0 aromatic rings. The molecule has 0 aromatic carbocycles. The number of nitrogens with two attached hydrogens (primary N) is 1. The predicted molar refractivity (Wildman–Crippen MR) is 31.4 cm³/mol. The van der Waals surface area contributed by atoms with E-state index in [9.17, 15) is 4.57 Å². The normalized spacial score (nSPS) is 8.12. The first-order chi connectivity index (χ1) is 3.91. The molecule has 46 valence electrons. The van der Waals surface area contributed by atoms with Crippen molar-refractivity contribution >= 4 is 7.92 Å². The molecule has 0 aromatic heterocycles. The van der Waals surface area contributed by atoms with Crippen molar-refractivity contribution in [3.63, 3.8) is 0 Å². The number of hydrogen-bond acceptors (Lipinski definition) is 3. The average molecular weight is 133 g/mol. The number of ether oxygens (including phenoxy) is 1. The molecule has 0 fully saturated rings. The second-order valence-electron chi connectivity index (χ2n) is 1.09. The van der Waals surface area contributed by atoms with Crippen molar-refractivity contribution in [1.29, 1.82) is 0 Å². The Morgan fingerprint density at radius 2 is 2.50 bits per heavy atom. The average Bonchev–Trinajstić information content (AvgIpc) is 1.81. The Labute approximate surface area is 49.3 Å². The summed E-state index contributed by atoms with van der Waals surface area (Å²) in [6.07, 6.45) is 0. The van der Waals surface area contributed by atoms with Gasteiger partial charge in [-0.25, -0.2) is 0 Å². The first-order valence-corrected chi connectivity index (χ1v) is 3.06. The summed E-state index contributed by atoms with van der Waals surface area (Å²) in [5.74, 6) is 0. The van der Waals surface area contributed by atoms with Crippen LogP contribution in [0.1, 0.15) is 0 Å². The third kappa shape index (κ3) is 5.93. The SMILES string of the molecule is NCCOCC#P=O. The van der Waals surface area contributed by atoms with Crippen molar-refractivity contribution < 1.29 is 9.30 Å². The van der Waals surface area contributed by atoms with E-state index in [-0.39, 0.29) is 7.92 Å². The van der Waals surface area contributed by atoms with Crippen LogP contribution >= 0.6 is 7.92 Å². The van der Waals surface area contributed by atoms with E-state index >= 15 is 0 Å².